The molecule has 5 rings (SSSR count). The highest BCUT2D eigenvalue weighted by Crippen LogP contribution is 2.34. The molecule has 0 bridgehead atoms. The molecule has 10 heteroatoms. The van der Waals surface area contributed by atoms with Gasteiger partial charge in [-0.2, -0.15) is 5.10 Å². The highest BCUT2D eigenvalue weighted by molar-refractivity contribution is 5.98. The molecule has 1 fully saturated rings. The van der Waals surface area contributed by atoms with Gasteiger partial charge in [0.2, 0.25) is 0 Å². The Kier molecular flexibility index (Phi) is 8.51. The third-order valence-corrected chi connectivity index (χ3v) is 6.75. The van der Waals surface area contributed by atoms with Gasteiger partial charge in [-0.1, -0.05) is 20.8 Å². The van der Waals surface area contributed by atoms with Gasteiger partial charge in [0, 0.05) is 43.5 Å². The number of nitrogens with two attached hydrogens (primary N) is 1. The van der Waals surface area contributed by atoms with E-state index >= 15 is 0 Å². The summed E-state index contributed by atoms with van der Waals surface area (Å²) in [5, 5.41) is 4.88. The molecule has 10 nitrogen and oxygen atoms in total. The van der Waals surface area contributed by atoms with Crippen LogP contribution in [-0.2, 0) is 10.2 Å². The van der Waals surface area contributed by atoms with Crippen molar-refractivity contribution in [2.75, 3.05) is 44.4 Å². The minimum atomic E-state index is -0.627. The summed E-state index contributed by atoms with van der Waals surface area (Å²) in [5.74, 6) is 2.59. The Labute approximate surface area is 240 Å². The maximum atomic E-state index is 12.9. The maximum Gasteiger partial charge on any atom is 0.325 e. The first-order valence-corrected chi connectivity index (χ1v) is 13.7. The SMILES string of the molecule is CC(C)(C)c1cc(N(C(N)=O)c2ccc(Oc3ccncc3)cc2)n(-c2ccc(OCCN3CCOCC3)cc2)n1. The van der Waals surface area contributed by atoms with Gasteiger partial charge in [-0.15, -0.1) is 0 Å². The van der Waals surface area contributed by atoms with Crippen molar-refractivity contribution in [3.05, 3.63) is 84.8 Å². The molecule has 0 unspecified atom stereocenters. The lowest BCUT2D eigenvalue weighted by atomic mass is 9.92. The zero-order valence-electron chi connectivity index (χ0n) is 23.7. The van der Waals surface area contributed by atoms with Crippen LogP contribution in [0.2, 0.25) is 0 Å². The summed E-state index contributed by atoms with van der Waals surface area (Å²) in [6.45, 7) is 11.1. The Balaban J connectivity index is 1.38. The predicted octanol–water partition coefficient (Wildman–Crippen LogP) is 5.28. The first kappa shape index (κ1) is 28.1. The second-order valence-corrected chi connectivity index (χ2v) is 10.8. The van der Waals surface area contributed by atoms with Crippen LogP contribution in [0.4, 0.5) is 16.3 Å². The normalized spacial score (nSPS) is 14.0. The minimum Gasteiger partial charge on any atom is -0.492 e. The number of morpholine rings is 1. The third kappa shape index (κ3) is 7.03. The molecule has 2 N–H and O–H groups in total. The summed E-state index contributed by atoms with van der Waals surface area (Å²) < 4.78 is 19.0. The van der Waals surface area contributed by atoms with Crippen LogP contribution in [0.25, 0.3) is 5.69 Å². The lowest BCUT2D eigenvalue weighted by molar-refractivity contribution is 0.0322. The van der Waals surface area contributed by atoms with Gasteiger partial charge >= 0.3 is 6.03 Å². The van der Waals surface area contributed by atoms with Crippen LogP contribution in [0.3, 0.4) is 0 Å². The summed E-state index contributed by atoms with van der Waals surface area (Å²) in [5.41, 5.74) is 7.87. The summed E-state index contributed by atoms with van der Waals surface area (Å²) >= 11 is 0. The van der Waals surface area contributed by atoms with Crippen molar-refractivity contribution < 1.29 is 19.0 Å². The second-order valence-electron chi connectivity index (χ2n) is 10.8. The number of anilines is 2. The summed E-state index contributed by atoms with van der Waals surface area (Å²) in [7, 11) is 0. The molecule has 1 saturated heterocycles. The van der Waals surface area contributed by atoms with E-state index in [2.05, 4.69) is 30.7 Å². The first-order valence-electron chi connectivity index (χ1n) is 13.7. The summed E-state index contributed by atoms with van der Waals surface area (Å²) in [6, 6.07) is 19.7. The fraction of sp³-hybridized carbons (Fsp3) is 0.323. The number of rotatable bonds is 9. The molecule has 0 aliphatic carbocycles. The van der Waals surface area contributed by atoms with E-state index in [0.717, 1.165) is 50.0 Å². The predicted molar refractivity (Wildman–Crippen MR) is 157 cm³/mol. The Bertz CT molecular complexity index is 1430. The number of amides is 2. The molecular weight excluding hydrogens is 520 g/mol. The van der Waals surface area contributed by atoms with Crippen molar-refractivity contribution in [3.63, 3.8) is 0 Å². The number of nitrogens with zero attached hydrogens (tertiary/aromatic N) is 5. The maximum absolute atomic E-state index is 12.9. The van der Waals surface area contributed by atoms with Gasteiger partial charge in [0.1, 0.15) is 29.7 Å². The van der Waals surface area contributed by atoms with Crippen molar-refractivity contribution >= 4 is 17.5 Å². The largest absolute Gasteiger partial charge is 0.492 e. The monoisotopic (exact) mass is 556 g/mol. The van der Waals surface area contributed by atoms with Gasteiger partial charge in [-0.25, -0.2) is 14.4 Å². The first-order chi connectivity index (χ1) is 19.8. The van der Waals surface area contributed by atoms with Gasteiger partial charge < -0.3 is 19.9 Å². The Morgan fingerprint density at radius 2 is 1.59 bits per heavy atom. The van der Waals surface area contributed by atoms with Gasteiger partial charge in [0.25, 0.3) is 0 Å². The molecule has 2 aromatic carbocycles. The quantitative estimate of drug-likeness (QED) is 0.299. The minimum absolute atomic E-state index is 0.256. The van der Waals surface area contributed by atoms with Crippen LogP contribution in [0.1, 0.15) is 26.5 Å². The van der Waals surface area contributed by atoms with Crippen molar-refractivity contribution in [1.82, 2.24) is 19.7 Å². The number of ether oxygens (including phenoxy) is 3. The molecule has 2 amide bonds. The number of hydrogen-bond donors (Lipinski definition) is 1. The van der Waals surface area contributed by atoms with Crippen molar-refractivity contribution in [2.45, 2.75) is 26.2 Å². The van der Waals surface area contributed by atoms with Crippen molar-refractivity contribution in [3.8, 4) is 22.9 Å². The van der Waals surface area contributed by atoms with E-state index in [0.29, 0.717) is 29.6 Å². The molecule has 41 heavy (non-hydrogen) atoms. The molecule has 0 radical (unpaired) electrons. The molecular formula is C31H36N6O4. The zero-order valence-corrected chi connectivity index (χ0v) is 23.7. The lowest BCUT2D eigenvalue weighted by Gasteiger charge is -2.26. The van der Waals surface area contributed by atoms with E-state index in [9.17, 15) is 4.79 Å². The molecule has 0 atom stereocenters. The number of aromatic nitrogens is 3. The molecule has 214 valence electrons. The zero-order chi connectivity index (χ0) is 28.8. The second kappa shape index (κ2) is 12.4. The third-order valence-electron chi connectivity index (χ3n) is 6.75. The lowest BCUT2D eigenvalue weighted by Crippen LogP contribution is -2.38. The number of primary amides is 1. The summed E-state index contributed by atoms with van der Waals surface area (Å²) in [4.78, 5) is 20.6. The Morgan fingerprint density at radius 3 is 2.22 bits per heavy atom. The highest BCUT2D eigenvalue weighted by atomic mass is 16.5. The molecule has 0 spiro atoms. The van der Waals surface area contributed by atoms with Gasteiger partial charge in [-0.05, 0) is 60.7 Å². The summed E-state index contributed by atoms with van der Waals surface area (Å²) in [6.07, 6.45) is 3.33. The fourth-order valence-electron chi connectivity index (χ4n) is 4.47. The van der Waals surface area contributed by atoms with E-state index in [-0.39, 0.29) is 5.41 Å². The highest BCUT2D eigenvalue weighted by Gasteiger charge is 2.26. The fourth-order valence-corrected chi connectivity index (χ4v) is 4.47. The van der Waals surface area contributed by atoms with E-state index < -0.39 is 6.03 Å². The molecule has 1 aliphatic rings. The van der Waals surface area contributed by atoms with Crippen LogP contribution in [0.5, 0.6) is 17.2 Å². The van der Waals surface area contributed by atoms with E-state index in [1.165, 1.54) is 4.90 Å². The van der Waals surface area contributed by atoms with Crippen LogP contribution < -0.4 is 20.1 Å². The number of carbonyl (C=O) groups is 1. The number of benzene rings is 2. The van der Waals surface area contributed by atoms with E-state index in [1.54, 1.807) is 53.5 Å². The Morgan fingerprint density at radius 1 is 0.951 bits per heavy atom. The van der Waals surface area contributed by atoms with Gasteiger partial charge in [0.05, 0.1) is 30.3 Å². The number of carbonyl (C=O) groups excluding carboxylic acids is 1. The van der Waals surface area contributed by atoms with Crippen LogP contribution in [-0.4, -0.2) is 65.2 Å². The Hall–Kier alpha value is -4.41. The topological polar surface area (TPSA) is 108 Å². The standard InChI is InChI=1S/C31H36N6O4/c1-31(2,3)28-22-29(36(30(32)38)23-4-10-26(11-5-23)41-27-12-14-33-15-13-27)37(34-28)24-6-8-25(9-7-24)40-21-18-35-16-19-39-20-17-35/h4-15,22H,16-21H2,1-3H3,(H2,32,38). The number of pyridine rings is 1. The molecule has 0 saturated carbocycles. The number of urea groups is 1. The average molecular weight is 557 g/mol. The molecule has 3 heterocycles. The molecule has 2 aromatic heterocycles. The van der Waals surface area contributed by atoms with Crippen molar-refractivity contribution in [2.24, 2.45) is 5.73 Å². The van der Waals surface area contributed by atoms with Crippen LogP contribution in [0.15, 0.2) is 79.1 Å². The molecule has 1 aliphatic heterocycles. The van der Waals surface area contributed by atoms with E-state index in [4.69, 9.17) is 25.0 Å². The number of hydrogen-bond acceptors (Lipinski definition) is 7. The van der Waals surface area contributed by atoms with Crippen molar-refractivity contribution in [1.29, 1.82) is 0 Å². The van der Waals surface area contributed by atoms with E-state index in [1.807, 2.05) is 30.3 Å². The smallest absolute Gasteiger partial charge is 0.325 e. The molecule has 4 aromatic rings. The van der Waals surface area contributed by atoms with Gasteiger partial charge in [-0.3, -0.25) is 9.88 Å². The van der Waals surface area contributed by atoms with Crippen LogP contribution in [0, 0.1) is 0 Å². The van der Waals surface area contributed by atoms with Gasteiger partial charge in [0.15, 0.2) is 0 Å². The average Bonchev–Trinajstić information content (AvgIpc) is 3.41. The van der Waals surface area contributed by atoms with Crippen LogP contribution >= 0.6 is 0 Å².